The third kappa shape index (κ3) is 3.05. The van der Waals surface area contributed by atoms with Gasteiger partial charge in [-0.05, 0) is 63.5 Å². The molecule has 1 aromatic heterocycles. The molecule has 1 aromatic carbocycles. The van der Waals surface area contributed by atoms with Crippen molar-refractivity contribution in [3.8, 4) is 5.69 Å². The van der Waals surface area contributed by atoms with Crippen molar-refractivity contribution < 1.29 is 4.79 Å². The number of carbonyl (C=O) groups is 1. The first-order valence-corrected chi connectivity index (χ1v) is 9.72. The molecular formula is C21H28N4O. The zero-order valence-corrected chi connectivity index (χ0v) is 15.6. The van der Waals surface area contributed by atoms with Crippen molar-refractivity contribution >= 4 is 11.6 Å². The van der Waals surface area contributed by atoms with Crippen molar-refractivity contribution in [1.82, 2.24) is 9.78 Å². The molecule has 0 saturated heterocycles. The summed E-state index contributed by atoms with van der Waals surface area (Å²) in [5, 5.41) is 7.81. The maximum Gasteiger partial charge on any atom is 0.227 e. The Morgan fingerprint density at radius 2 is 1.81 bits per heavy atom. The molecule has 2 saturated carbocycles. The first-order valence-electron chi connectivity index (χ1n) is 9.72. The second-order valence-corrected chi connectivity index (χ2v) is 7.98. The Labute approximate surface area is 155 Å². The number of anilines is 1. The van der Waals surface area contributed by atoms with Gasteiger partial charge in [0.15, 0.2) is 0 Å². The van der Waals surface area contributed by atoms with Crippen LogP contribution in [0.4, 0.5) is 5.69 Å². The summed E-state index contributed by atoms with van der Waals surface area (Å²) in [5.74, 6) is 1.22. The summed E-state index contributed by atoms with van der Waals surface area (Å²) >= 11 is 0. The second-order valence-electron chi connectivity index (χ2n) is 7.98. The van der Waals surface area contributed by atoms with E-state index in [2.05, 4.69) is 10.4 Å². The number of aromatic nitrogens is 2. The SMILES string of the molecule is Cc1nn(-c2ccccc2)c(C)c1NC(=O)C1CC2CCCC(C1)C2N. The van der Waals surface area contributed by atoms with Gasteiger partial charge >= 0.3 is 0 Å². The number of fused-ring (bicyclic) bond motifs is 2. The minimum absolute atomic E-state index is 0.0731. The number of benzene rings is 1. The number of nitrogens with zero attached hydrogens (tertiary/aromatic N) is 2. The Bertz CT molecular complexity index is 784. The molecule has 5 nitrogen and oxygen atoms in total. The molecule has 3 N–H and O–H groups in total. The normalized spacial score (nSPS) is 28.0. The fraction of sp³-hybridized carbons (Fsp3) is 0.524. The van der Waals surface area contributed by atoms with Crippen LogP contribution >= 0.6 is 0 Å². The van der Waals surface area contributed by atoms with E-state index in [1.165, 1.54) is 19.3 Å². The van der Waals surface area contributed by atoms with Crippen LogP contribution in [0.5, 0.6) is 0 Å². The zero-order valence-electron chi connectivity index (χ0n) is 15.6. The fourth-order valence-electron chi connectivity index (χ4n) is 4.87. The van der Waals surface area contributed by atoms with E-state index in [-0.39, 0.29) is 17.9 Å². The molecule has 2 aromatic rings. The van der Waals surface area contributed by atoms with Gasteiger partial charge in [-0.15, -0.1) is 0 Å². The lowest BCUT2D eigenvalue weighted by Gasteiger charge is -2.43. The monoisotopic (exact) mass is 352 g/mol. The summed E-state index contributed by atoms with van der Waals surface area (Å²) in [6.45, 7) is 3.96. The quantitative estimate of drug-likeness (QED) is 0.887. The average molecular weight is 352 g/mol. The first-order chi connectivity index (χ1) is 12.5. The topological polar surface area (TPSA) is 72.9 Å². The lowest BCUT2D eigenvalue weighted by Crippen LogP contribution is -2.48. The van der Waals surface area contributed by atoms with E-state index < -0.39 is 0 Å². The van der Waals surface area contributed by atoms with Crippen LogP contribution in [0, 0.1) is 31.6 Å². The number of amides is 1. The lowest BCUT2D eigenvalue weighted by molar-refractivity contribution is -0.122. The minimum Gasteiger partial charge on any atom is -0.327 e. The van der Waals surface area contributed by atoms with E-state index in [4.69, 9.17) is 5.73 Å². The van der Waals surface area contributed by atoms with Gasteiger partial charge in [-0.2, -0.15) is 5.10 Å². The van der Waals surface area contributed by atoms with Crippen molar-refractivity contribution in [1.29, 1.82) is 0 Å². The van der Waals surface area contributed by atoms with Crippen LogP contribution in [0.25, 0.3) is 5.69 Å². The molecule has 2 fully saturated rings. The van der Waals surface area contributed by atoms with Gasteiger partial charge in [-0.1, -0.05) is 24.6 Å². The second kappa shape index (κ2) is 6.88. The molecular weight excluding hydrogens is 324 g/mol. The van der Waals surface area contributed by atoms with E-state index in [1.54, 1.807) is 0 Å². The number of nitrogens with two attached hydrogens (primary N) is 1. The number of carbonyl (C=O) groups excluding carboxylic acids is 1. The van der Waals surface area contributed by atoms with Gasteiger partial charge in [0.25, 0.3) is 0 Å². The third-order valence-electron chi connectivity index (χ3n) is 6.32. The van der Waals surface area contributed by atoms with Crippen molar-refractivity contribution in [2.75, 3.05) is 5.32 Å². The number of para-hydroxylation sites is 1. The lowest BCUT2D eigenvalue weighted by atomic mass is 9.65. The highest BCUT2D eigenvalue weighted by atomic mass is 16.1. The maximum absolute atomic E-state index is 13.0. The highest BCUT2D eigenvalue weighted by Crippen LogP contribution is 2.42. The molecule has 2 atom stereocenters. The molecule has 138 valence electrons. The van der Waals surface area contributed by atoms with Crippen molar-refractivity contribution in [3.05, 3.63) is 41.7 Å². The molecule has 0 radical (unpaired) electrons. The summed E-state index contributed by atoms with van der Waals surface area (Å²) < 4.78 is 1.90. The summed E-state index contributed by atoms with van der Waals surface area (Å²) in [7, 11) is 0. The predicted molar refractivity (Wildman–Crippen MR) is 103 cm³/mol. The number of hydrogen-bond acceptors (Lipinski definition) is 3. The number of rotatable bonds is 3. The molecule has 1 heterocycles. The molecule has 26 heavy (non-hydrogen) atoms. The summed E-state index contributed by atoms with van der Waals surface area (Å²) in [6.07, 6.45) is 5.46. The van der Waals surface area contributed by atoms with Gasteiger partial charge in [-0.3, -0.25) is 4.79 Å². The molecule has 2 aliphatic rings. The standard InChI is InChI=1S/C21H28N4O/c1-13-20(14(2)25(24-13)18-9-4-3-5-10-18)23-21(26)17-11-15-7-6-8-16(12-17)19(15)22/h3-5,9-10,15-17,19H,6-8,11-12,22H2,1-2H3,(H,23,26). The molecule has 2 bridgehead atoms. The van der Waals surface area contributed by atoms with E-state index in [9.17, 15) is 4.79 Å². The van der Waals surface area contributed by atoms with Crippen LogP contribution in [-0.2, 0) is 4.79 Å². The first kappa shape index (κ1) is 17.3. The van der Waals surface area contributed by atoms with Crippen LogP contribution < -0.4 is 11.1 Å². The van der Waals surface area contributed by atoms with Crippen molar-refractivity contribution in [2.24, 2.45) is 23.5 Å². The Hall–Kier alpha value is -2.14. The van der Waals surface area contributed by atoms with Crippen LogP contribution in [0.1, 0.15) is 43.5 Å². The van der Waals surface area contributed by atoms with E-state index in [1.807, 2.05) is 48.9 Å². The summed E-state index contributed by atoms with van der Waals surface area (Å²) in [5.41, 5.74) is 10.0. The Kier molecular flexibility index (Phi) is 4.57. The highest BCUT2D eigenvalue weighted by Gasteiger charge is 2.40. The summed E-state index contributed by atoms with van der Waals surface area (Å²) in [6, 6.07) is 10.3. The fourth-order valence-corrected chi connectivity index (χ4v) is 4.87. The molecule has 1 amide bonds. The van der Waals surface area contributed by atoms with Gasteiger partial charge < -0.3 is 11.1 Å². The molecule has 4 rings (SSSR count). The number of aryl methyl sites for hydroxylation is 1. The zero-order chi connectivity index (χ0) is 18.3. The van der Waals surface area contributed by atoms with E-state index in [0.717, 1.165) is 35.6 Å². The van der Waals surface area contributed by atoms with Crippen molar-refractivity contribution in [3.63, 3.8) is 0 Å². The largest absolute Gasteiger partial charge is 0.327 e. The smallest absolute Gasteiger partial charge is 0.227 e. The van der Waals surface area contributed by atoms with Crippen LogP contribution in [0.2, 0.25) is 0 Å². The molecule has 0 aliphatic heterocycles. The van der Waals surface area contributed by atoms with Crippen LogP contribution in [-0.4, -0.2) is 21.7 Å². The highest BCUT2D eigenvalue weighted by molar-refractivity contribution is 5.93. The minimum atomic E-state index is 0.0731. The Morgan fingerprint density at radius 3 is 2.46 bits per heavy atom. The van der Waals surface area contributed by atoms with E-state index in [0.29, 0.717) is 11.8 Å². The average Bonchev–Trinajstić information content (AvgIpc) is 2.90. The van der Waals surface area contributed by atoms with Gasteiger partial charge in [0, 0.05) is 12.0 Å². The predicted octanol–water partition coefficient (Wildman–Crippen LogP) is 3.58. The van der Waals surface area contributed by atoms with Gasteiger partial charge in [0.2, 0.25) is 5.91 Å². The third-order valence-corrected chi connectivity index (χ3v) is 6.32. The van der Waals surface area contributed by atoms with E-state index >= 15 is 0 Å². The Morgan fingerprint density at radius 1 is 1.15 bits per heavy atom. The van der Waals surface area contributed by atoms with Gasteiger partial charge in [0.1, 0.15) is 0 Å². The van der Waals surface area contributed by atoms with Crippen molar-refractivity contribution in [2.45, 2.75) is 52.0 Å². The van der Waals surface area contributed by atoms with Crippen LogP contribution in [0.15, 0.2) is 30.3 Å². The van der Waals surface area contributed by atoms with Gasteiger partial charge in [0.05, 0.1) is 22.8 Å². The number of hydrogen-bond donors (Lipinski definition) is 2. The molecule has 2 aliphatic carbocycles. The Balaban J connectivity index is 1.53. The molecule has 0 spiro atoms. The van der Waals surface area contributed by atoms with Gasteiger partial charge in [-0.25, -0.2) is 4.68 Å². The number of nitrogens with one attached hydrogen (secondary N) is 1. The molecule has 2 unspecified atom stereocenters. The van der Waals surface area contributed by atoms with Crippen LogP contribution in [0.3, 0.4) is 0 Å². The summed E-state index contributed by atoms with van der Waals surface area (Å²) in [4.78, 5) is 13.0. The molecule has 5 heteroatoms. The maximum atomic E-state index is 13.0.